The Morgan fingerprint density at radius 1 is 1.14 bits per heavy atom. The van der Waals surface area contributed by atoms with E-state index >= 15 is 0 Å². The SMILES string of the molecule is O=C1OC(c2ccc(Cl)cc2)=NC1=Cc1cccc(I)c1. The molecule has 0 radical (unpaired) electrons. The van der Waals surface area contributed by atoms with Gasteiger partial charge in [-0.25, -0.2) is 9.79 Å². The van der Waals surface area contributed by atoms with Gasteiger partial charge in [-0.1, -0.05) is 23.7 Å². The summed E-state index contributed by atoms with van der Waals surface area (Å²) in [6.07, 6.45) is 1.72. The lowest BCUT2D eigenvalue weighted by Crippen LogP contribution is -2.05. The lowest BCUT2D eigenvalue weighted by Gasteiger charge is -1.98. The van der Waals surface area contributed by atoms with Crippen LogP contribution in [0.3, 0.4) is 0 Å². The maximum atomic E-state index is 11.9. The van der Waals surface area contributed by atoms with Crippen molar-refractivity contribution < 1.29 is 9.53 Å². The number of halogens is 2. The number of carbonyl (C=O) groups excluding carboxylic acids is 1. The molecule has 0 amide bonds. The topological polar surface area (TPSA) is 38.7 Å². The maximum Gasteiger partial charge on any atom is 0.363 e. The van der Waals surface area contributed by atoms with E-state index in [-0.39, 0.29) is 0 Å². The average molecular weight is 410 g/mol. The molecule has 2 aromatic rings. The minimum Gasteiger partial charge on any atom is -0.402 e. The maximum absolute atomic E-state index is 11.9. The molecular weight excluding hydrogens is 401 g/mol. The normalized spacial score (nSPS) is 16.0. The second-order valence-electron chi connectivity index (χ2n) is 4.40. The van der Waals surface area contributed by atoms with Crippen LogP contribution in [0.15, 0.2) is 59.2 Å². The van der Waals surface area contributed by atoms with Crippen LogP contribution in [0, 0.1) is 3.57 Å². The van der Waals surface area contributed by atoms with E-state index in [0.717, 1.165) is 14.7 Å². The van der Waals surface area contributed by atoms with E-state index in [0.29, 0.717) is 16.6 Å². The van der Waals surface area contributed by atoms with E-state index in [1.807, 2.05) is 24.3 Å². The monoisotopic (exact) mass is 409 g/mol. The fraction of sp³-hybridized carbons (Fsp3) is 0. The number of ether oxygens (including phenoxy) is 1. The number of carbonyl (C=O) groups is 1. The molecule has 0 spiro atoms. The molecule has 0 saturated heterocycles. The first kappa shape index (κ1) is 14.3. The van der Waals surface area contributed by atoms with Crippen LogP contribution in [-0.2, 0) is 9.53 Å². The smallest absolute Gasteiger partial charge is 0.363 e. The lowest BCUT2D eigenvalue weighted by molar-refractivity contribution is -0.129. The highest BCUT2D eigenvalue weighted by atomic mass is 127. The molecule has 0 saturated carbocycles. The van der Waals surface area contributed by atoms with Crippen molar-refractivity contribution in [1.82, 2.24) is 0 Å². The van der Waals surface area contributed by atoms with Crippen LogP contribution in [0.2, 0.25) is 5.02 Å². The van der Waals surface area contributed by atoms with E-state index in [2.05, 4.69) is 27.6 Å². The Kier molecular flexibility index (Phi) is 4.07. The number of nitrogens with zero attached hydrogens (tertiary/aromatic N) is 1. The Hall–Kier alpha value is -1.66. The van der Waals surface area contributed by atoms with Gasteiger partial charge in [-0.05, 0) is 70.6 Å². The van der Waals surface area contributed by atoms with E-state index in [9.17, 15) is 4.79 Å². The van der Waals surface area contributed by atoms with Gasteiger partial charge in [0.2, 0.25) is 5.90 Å². The van der Waals surface area contributed by atoms with Crippen molar-refractivity contribution in [3.63, 3.8) is 0 Å². The van der Waals surface area contributed by atoms with Gasteiger partial charge in [-0.15, -0.1) is 0 Å². The molecule has 0 atom stereocenters. The fourth-order valence-corrected chi connectivity index (χ4v) is 2.57. The van der Waals surface area contributed by atoms with Gasteiger partial charge in [-0.2, -0.15) is 0 Å². The van der Waals surface area contributed by atoms with Crippen LogP contribution in [0.25, 0.3) is 6.08 Å². The third-order valence-corrected chi connectivity index (χ3v) is 3.79. The van der Waals surface area contributed by atoms with Crippen LogP contribution in [-0.4, -0.2) is 11.9 Å². The molecule has 1 heterocycles. The van der Waals surface area contributed by atoms with Crippen molar-refractivity contribution in [2.75, 3.05) is 0 Å². The predicted molar refractivity (Wildman–Crippen MR) is 91.2 cm³/mol. The van der Waals surface area contributed by atoms with Gasteiger partial charge in [0.15, 0.2) is 5.70 Å². The molecule has 3 rings (SSSR count). The van der Waals surface area contributed by atoms with Crippen molar-refractivity contribution in [1.29, 1.82) is 0 Å². The summed E-state index contributed by atoms with van der Waals surface area (Å²) in [5.41, 5.74) is 1.93. The van der Waals surface area contributed by atoms with Gasteiger partial charge in [0, 0.05) is 14.2 Å². The highest BCUT2D eigenvalue weighted by molar-refractivity contribution is 14.1. The summed E-state index contributed by atoms with van der Waals surface area (Å²) < 4.78 is 6.29. The van der Waals surface area contributed by atoms with Crippen LogP contribution < -0.4 is 0 Å². The summed E-state index contributed by atoms with van der Waals surface area (Å²) in [6.45, 7) is 0. The summed E-state index contributed by atoms with van der Waals surface area (Å²) >= 11 is 8.06. The zero-order valence-corrected chi connectivity index (χ0v) is 13.6. The van der Waals surface area contributed by atoms with Crippen molar-refractivity contribution >= 4 is 52.1 Å². The molecule has 3 nitrogen and oxygen atoms in total. The Bertz CT molecular complexity index is 766. The van der Waals surface area contributed by atoms with E-state index < -0.39 is 5.97 Å². The first-order valence-electron chi connectivity index (χ1n) is 6.16. The summed E-state index contributed by atoms with van der Waals surface area (Å²) in [6, 6.07) is 14.8. The minimum absolute atomic E-state index is 0.293. The molecule has 0 unspecified atom stereocenters. The zero-order valence-electron chi connectivity index (χ0n) is 10.7. The largest absolute Gasteiger partial charge is 0.402 e. The van der Waals surface area contributed by atoms with Crippen LogP contribution in [0.4, 0.5) is 0 Å². The molecule has 2 aromatic carbocycles. The standard InChI is InChI=1S/C16H9ClINO2/c17-12-6-4-11(5-7-12)15-19-14(16(20)21-15)9-10-2-1-3-13(18)8-10/h1-9H. The van der Waals surface area contributed by atoms with Gasteiger partial charge < -0.3 is 4.74 Å². The number of esters is 1. The zero-order chi connectivity index (χ0) is 14.8. The Labute approximate surface area is 140 Å². The molecule has 21 heavy (non-hydrogen) atoms. The van der Waals surface area contributed by atoms with Crippen LogP contribution in [0.5, 0.6) is 0 Å². The van der Waals surface area contributed by atoms with Crippen molar-refractivity contribution in [3.05, 3.63) is 73.9 Å². The third-order valence-electron chi connectivity index (χ3n) is 2.86. The third kappa shape index (κ3) is 3.33. The number of benzene rings is 2. The predicted octanol–water partition coefficient (Wildman–Crippen LogP) is 4.29. The lowest BCUT2D eigenvalue weighted by atomic mass is 10.2. The number of rotatable bonds is 2. The first-order chi connectivity index (χ1) is 10.1. The van der Waals surface area contributed by atoms with Crippen LogP contribution >= 0.6 is 34.2 Å². The molecule has 0 N–H and O–H groups in total. The summed E-state index contributed by atoms with van der Waals surface area (Å²) in [7, 11) is 0. The Morgan fingerprint density at radius 2 is 1.90 bits per heavy atom. The van der Waals surface area contributed by atoms with Gasteiger partial charge in [-0.3, -0.25) is 0 Å². The highest BCUT2D eigenvalue weighted by Gasteiger charge is 2.23. The fourth-order valence-electron chi connectivity index (χ4n) is 1.88. The van der Waals surface area contributed by atoms with Crippen LogP contribution in [0.1, 0.15) is 11.1 Å². The van der Waals surface area contributed by atoms with Gasteiger partial charge in [0.25, 0.3) is 0 Å². The average Bonchev–Trinajstić information content (AvgIpc) is 2.81. The molecule has 0 fully saturated rings. The molecule has 0 bridgehead atoms. The number of cyclic esters (lactones) is 1. The molecule has 1 aliphatic rings. The van der Waals surface area contributed by atoms with E-state index in [4.69, 9.17) is 16.3 Å². The molecule has 1 aliphatic heterocycles. The van der Waals surface area contributed by atoms with E-state index in [1.54, 1.807) is 30.3 Å². The Balaban J connectivity index is 1.93. The summed E-state index contributed by atoms with van der Waals surface area (Å²) in [5, 5.41) is 0.623. The Morgan fingerprint density at radius 3 is 2.62 bits per heavy atom. The minimum atomic E-state index is -0.446. The molecule has 104 valence electrons. The molecular formula is C16H9ClINO2. The molecule has 0 aliphatic carbocycles. The number of hydrogen-bond donors (Lipinski definition) is 0. The van der Waals surface area contributed by atoms with E-state index in [1.165, 1.54) is 0 Å². The quantitative estimate of drug-likeness (QED) is 0.422. The number of hydrogen-bond acceptors (Lipinski definition) is 3. The highest BCUT2D eigenvalue weighted by Crippen LogP contribution is 2.20. The first-order valence-corrected chi connectivity index (χ1v) is 7.61. The van der Waals surface area contributed by atoms with Crippen molar-refractivity contribution in [2.24, 2.45) is 4.99 Å². The molecule has 0 aromatic heterocycles. The molecule has 5 heteroatoms. The van der Waals surface area contributed by atoms with Crippen molar-refractivity contribution in [2.45, 2.75) is 0 Å². The second kappa shape index (κ2) is 5.99. The number of aliphatic imine (C=N–C) groups is 1. The van der Waals surface area contributed by atoms with Gasteiger partial charge >= 0.3 is 5.97 Å². The second-order valence-corrected chi connectivity index (χ2v) is 6.08. The summed E-state index contributed by atoms with van der Waals surface area (Å²) in [5.74, 6) is -0.146. The van der Waals surface area contributed by atoms with Gasteiger partial charge in [0.1, 0.15) is 0 Å². The van der Waals surface area contributed by atoms with Gasteiger partial charge in [0.05, 0.1) is 0 Å². The van der Waals surface area contributed by atoms with Crippen molar-refractivity contribution in [3.8, 4) is 0 Å². The summed E-state index contributed by atoms with van der Waals surface area (Å²) in [4.78, 5) is 16.1.